The Morgan fingerprint density at radius 1 is 1.12 bits per heavy atom. The van der Waals surface area contributed by atoms with E-state index in [1.54, 1.807) is 26.0 Å². The second-order valence-electron chi connectivity index (χ2n) is 8.08. The lowest BCUT2D eigenvalue weighted by Crippen LogP contribution is -2.27. The molecular weight excluding hydrogens is 440 g/mol. The normalized spacial score (nSPS) is 14.6. The summed E-state index contributed by atoms with van der Waals surface area (Å²) in [5, 5.41) is 16.1. The average molecular weight is 456 g/mol. The molecule has 4 aromatic rings. The fourth-order valence-electron chi connectivity index (χ4n) is 3.55. The molecule has 11 heteroatoms. The number of nitrogens with one attached hydrogen (secondary N) is 1. The van der Waals surface area contributed by atoms with Crippen molar-refractivity contribution in [2.24, 2.45) is 0 Å². The molecule has 162 valence electrons. The highest BCUT2D eigenvalue weighted by atomic mass is 35.5. The van der Waals surface area contributed by atoms with Crippen LogP contribution >= 0.6 is 11.6 Å². The molecule has 0 saturated carbocycles. The van der Waals surface area contributed by atoms with Crippen molar-refractivity contribution >= 4 is 34.4 Å². The van der Waals surface area contributed by atoms with Crippen LogP contribution < -0.4 is 5.32 Å². The van der Waals surface area contributed by atoms with Crippen LogP contribution in [0.15, 0.2) is 24.3 Å². The Bertz CT molecular complexity index is 1430. The van der Waals surface area contributed by atoms with Crippen LogP contribution in [-0.2, 0) is 16.8 Å². The van der Waals surface area contributed by atoms with Gasteiger partial charge in [0.1, 0.15) is 23.0 Å². The van der Waals surface area contributed by atoms with Gasteiger partial charge in [-0.3, -0.25) is 4.79 Å². The Labute approximate surface area is 185 Å². The van der Waals surface area contributed by atoms with Gasteiger partial charge in [0.15, 0.2) is 11.5 Å². The fraction of sp³-hybridized carbons (Fsp3) is 0.238. The minimum absolute atomic E-state index is 0.0275. The molecule has 1 aliphatic heterocycles. The number of hydrogen-bond acceptors (Lipinski definition) is 6. The minimum atomic E-state index is -0.869. The Kier molecular flexibility index (Phi) is 4.45. The first-order chi connectivity index (χ1) is 15.1. The highest BCUT2D eigenvalue weighted by Crippen LogP contribution is 2.35. The fourth-order valence-corrected chi connectivity index (χ4v) is 3.71. The number of rotatable bonds is 3. The molecule has 0 atom stereocenters. The Hall–Kier alpha value is -3.53. The molecule has 32 heavy (non-hydrogen) atoms. The Morgan fingerprint density at radius 3 is 2.66 bits per heavy atom. The van der Waals surface area contributed by atoms with E-state index >= 15 is 0 Å². The highest BCUT2D eigenvalue weighted by molar-refractivity contribution is 6.30. The van der Waals surface area contributed by atoms with Gasteiger partial charge in [-0.25, -0.2) is 23.4 Å². The largest absolute Gasteiger partial charge is 0.308 e. The molecule has 0 unspecified atom stereocenters. The first-order valence-electron chi connectivity index (χ1n) is 9.70. The molecule has 3 aromatic heterocycles. The number of pyridine rings is 1. The van der Waals surface area contributed by atoms with E-state index < -0.39 is 17.0 Å². The van der Waals surface area contributed by atoms with E-state index in [9.17, 15) is 13.6 Å². The van der Waals surface area contributed by atoms with Crippen molar-refractivity contribution in [3.63, 3.8) is 0 Å². The van der Waals surface area contributed by atoms with Gasteiger partial charge in [0, 0.05) is 10.6 Å². The van der Waals surface area contributed by atoms with Crippen molar-refractivity contribution < 1.29 is 13.6 Å². The summed E-state index contributed by atoms with van der Waals surface area (Å²) in [5.74, 6) is -0.908. The zero-order valence-corrected chi connectivity index (χ0v) is 18.0. The zero-order valence-electron chi connectivity index (χ0n) is 17.2. The number of aryl methyl sites for hydroxylation is 1. The van der Waals surface area contributed by atoms with Gasteiger partial charge in [0.25, 0.3) is 0 Å². The molecule has 1 amide bonds. The predicted octanol–water partition coefficient (Wildman–Crippen LogP) is 3.80. The van der Waals surface area contributed by atoms with Gasteiger partial charge >= 0.3 is 0 Å². The van der Waals surface area contributed by atoms with Gasteiger partial charge in [-0.15, -0.1) is 10.2 Å². The van der Waals surface area contributed by atoms with E-state index in [1.807, 2.05) is 0 Å². The maximum absolute atomic E-state index is 14.4. The van der Waals surface area contributed by atoms with Crippen molar-refractivity contribution in [2.45, 2.75) is 32.7 Å². The SMILES string of the molecule is Cc1nc2c(cc1F)c(-c1nnc3c(n1)NC(=O)C3(C)C)nn2Cc1ccc(Cl)cc1F. The molecule has 0 bridgehead atoms. The molecule has 4 heterocycles. The number of carbonyl (C=O) groups excluding carboxylic acids is 1. The minimum Gasteiger partial charge on any atom is -0.308 e. The first kappa shape index (κ1) is 20.4. The summed E-state index contributed by atoms with van der Waals surface area (Å²) in [6, 6.07) is 5.61. The van der Waals surface area contributed by atoms with Crippen molar-refractivity contribution in [3.8, 4) is 11.5 Å². The number of fused-ring (bicyclic) bond motifs is 2. The molecular formula is C21H16ClF2N7O. The summed E-state index contributed by atoms with van der Waals surface area (Å²) >= 11 is 5.84. The van der Waals surface area contributed by atoms with Gasteiger partial charge < -0.3 is 5.32 Å². The molecule has 0 radical (unpaired) electrons. The van der Waals surface area contributed by atoms with E-state index in [0.717, 1.165) is 0 Å². The van der Waals surface area contributed by atoms with Crippen molar-refractivity contribution in [1.29, 1.82) is 0 Å². The number of carbonyl (C=O) groups is 1. The number of amides is 1. The highest BCUT2D eigenvalue weighted by Gasteiger charge is 2.42. The predicted molar refractivity (Wildman–Crippen MR) is 113 cm³/mol. The van der Waals surface area contributed by atoms with Gasteiger partial charge in [0.05, 0.1) is 23.0 Å². The van der Waals surface area contributed by atoms with Crippen LogP contribution in [0, 0.1) is 18.6 Å². The van der Waals surface area contributed by atoms with E-state index in [4.69, 9.17) is 11.6 Å². The lowest BCUT2D eigenvalue weighted by Gasteiger charge is -2.11. The number of hydrogen-bond donors (Lipinski definition) is 1. The second-order valence-corrected chi connectivity index (χ2v) is 8.52. The molecule has 1 N–H and O–H groups in total. The third-order valence-electron chi connectivity index (χ3n) is 5.48. The van der Waals surface area contributed by atoms with Crippen molar-refractivity contribution in [2.75, 3.05) is 5.32 Å². The van der Waals surface area contributed by atoms with Gasteiger partial charge in [-0.05, 0) is 39.0 Å². The quantitative estimate of drug-likeness (QED) is 0.504. The van der Waals surface area contributed by atoms with Crippen LogP contribution in [0.4, 0.5) is 14.6 Å². The summed E-state index contributed by atoms with van der Waals surface area (Å²) in [6.07, 6.45) is 0. The van der Waals surface area contributed by atoms with Crippen LogP contribution in [0.3, 0.4) is 0 Å². The topological polar surface area (TPSA) is 98.5 Å². The van der Waals surface area contributed by atoms with Crippen molar-refractivity contribution in [3.05, 3.63) is 57.9 Å². The van der Waals surface area contributed by atoms with E-state index in [2.05, 4.69) is 30.6 Å². The monoisotopic (exact) mass is 455 g/mol. The lowest BCUT2D eigenvalue weighted by atomic mass is 9.91. The summed E-state index contributed by atoms with van der Waals surface area (Å²) < 4.78 is 30.2. The van der Waals surface area contributed by atoms with Gasteiger partial charge in [-0.1, -0.05) is 17.7 Å². The zero-order chi connectivity index (χ0) is 22.8. The molecule has 0 saturated heterocycles. The number of anilines is 1. The van der Waals surface area contributed by atoms with Crippen LogP contribution in [0.1, 0.15) is 30.8 Å². The average Bonchev–Trinajstić information content (AvgIpc) is 3.18. The molecule has 0 spiro atoms. The molecule has 1 aliphatic rings. The van der Waals surface area contributed by atoms with Gasteiger partial charge in [0.2, 0.25) is 11.7 Å². The lowest BCUT2D eigenvalue weighted by molar-refractivity contribution is -0.119. The van der Waals surface area contributed by atoms with Crippen molar-refractivity contribution in [1.82, 2.24) is 29.9 Å². The van der Waals surface area contributed by atoms with Crippen LogP contribution in [0.5, 0.6) is 0 Å². The maximum atomic E-state index is 14.4. The number of nitrogens with zero attached hydrogens (tertiary/aromatic N) is 6. The smallest absolute Gasteiger partial charge is 0.237 e. The Morgan fingerprint density at radius 2 is 1.91 bits per heavy atom. The Balaban J connectivity index is 1.67. The van der Waals surface area contributed by atoms with Crippen LogP contribution in [0.2, 0.25) is 5.02 Å². The number of halogens is 3. The summed E-state index contributed by atoms with van der Waals surface area (Å²) in [4.78, 5) is 20.9. The third-order valence-corrected chi connectivity index (χ3v) is 5.71. The van der Waals surface area contributed by atoms with Gasteiger partial charge in [-0.2, -0.15) is 5.10 Å². The first-order valence-corrected chi connectivity index (χ1v) is 10.1. The van der Waals surface area contributed by atoms with Crippen LogP contribution in [-0.4, -0.2) is 35.9 Å². The standard InChI is InChI=1S/C21H16ClF2N7O/c1-9-13(23)7-12-15(17-26-18-16(28-29-17)21(2,3)20(32)27-18)30-31(19(12)25-9)8-10-4-5-11(22)6-14(10)24/h4-7H,8H2,1-3H3,(H,26,27,29,32). The van der Waals surface area contributed by atoms with Crippen LogP contribution in [0.25, 0.3) is 22.6 Å². The van der Waals surface area contributed by atoms with E-state index in [0.29, 0.717) is 22.3 Å². The third kappa shape index (κ3) is 3.10. The molecule has 0 fully saturated rings. The molecule has 5 rings (SSSR count). The number of benzene rings is 1. The molecule has 8 nitrogen and oxygen atoms in total. The summed E-state index contributed by atoms with van der Waals surface area (Å²) in [5.41, 5.74) is 0.599. The van der Waals surface area contributed by atoms with E-state index in [-0.39, 0.29) is 40.5 Å². The maximum Gasteiger partial charge on any atom is 0.237 e. The summed E-state index contributed by atoms with van der Waals surface area (Å²) in [6.45, 7) is 4.99. The molecule has 0 aliphatic carbocycles. The molecule has 1 aromatic carbocycles. The summed E-state index contributed by atoms with van der Waals surface area (Å²) in [7, 11) is 0. The van der Waals surface area contributed by atoms with E-state index in [1.165, 1.54) is 23.7 Å². The second kappa shape index (κ2) is 6.99. The number of aromatic nitrogens is 6.